The van der Waals surface area contributed by atoms with Gasteiger partial charge in [-0.05, 0) is 49.1 Å². The molecule has 0 heterocycles. The number of hydrogen-bond donors (Lipinski definition) is 0. The highest BCUT2D eigenvalue weighted by atomic mass is 14.4. The SMILES string of the molecule is CCC(C)(C)c1cccc(CC(C)C(C)(C)C#N)c1. The van der Waals surface area contributed by atoms with Gasteiger partial charge in [0.05, 0.1) is 11.5 Å². The highest BCUT2D eigenvalue weighted by molar-refractivity contribution is 5.29. The Balaban J connectivity index is 2.93. The van der Waals surface area contributed by atoms with E-state index in [-0.39, 0.29) is 10.8 Å². The van der Waals surface area contributed by atoms with Crippen molar-refractivity contribution in [2.75, 3.05) is 0 Å². The number of nitrogens with zero attached hydrogens (tertiary/aromatic N) is 1. The molecule has 0 saturated heterocycles. The molecule has 1 nitrogen and oxygen atoms in total. The average molecular weight is 257 g/mol. The number of benzene rings is 1. The molecule has 1 aromatic rings. The van der Waals surface area contributed by atoms with E-state index >= 15 is 0 Å². The van der Waals surface area contributed by atoms with Crippen LogP contribution >= 0.6 is 0 Å². The summed E-state index contributed by atoms with van der Waals surface area (Å²) >= 11 is 0. The Morgan fingerprint density at radius 2 is 1.84 bits per heavy atom. The molecule has 104 valence electrons. The topological polar surface area (TPSA) is 23.8 Å². The van der Waals surface area contributed by atoms with Crippen molar-refractivity contribution in [2.45, 2.75) is 59.8 Å². The fraction of sp³-hybridized carbons (Fsp3) is 0.611. The highest BCUT2D eigenvalue weighted by Crippen LogP contribution is 2.31. The predicted octanol–water partition coefficient (Wildman–Crippen LogP) is 5.10. The molecular formula is C18H27N. The predicted molar refractivity (Wildman–Crippen MR) is 82.0 cm³/mol. The summed E-state index contributed by atoms with van der Waals surface area (Å²) in [7, 11) is 0. The molecule has 0 amide bonds. The summed E-state index contributed by atoms with van der Waals surface area (Å²) in [6, 6.07) is 11.3. The van der Waals surface area contributed by atoms with Crippen molar-refractivity contribution < 1.29 is 0 Å². The van der Waals surface area contributed by atoms with Crippen LogP contribution in [0.1, 0.15) is 59.1 Å². The van der Waals surface area contributed by atoms with Gasteiger partial charge in [0.25, 0.3) is 0 Å². The Morgan fingerprint density at radius 3 is 2.37 bits per heavy atom. The second-order valence-electron chi connectivity index (χ2n) is 6.88. The Labute approximate surface area is 118 Å². The van der Waals surface area contributed by atoms with Gasteiger partial charge >= 0.3 is 0 Å². The summed E-state index contributed by atoms with van der Waals surface area (Å²) in [4.78, 5) is 0. The smallest absolute Gasteiger partial charge is 0.0686 e. The van der Waals surface area contributed by atoms with Gasteiger partial charge in [-0.15, -0.1) is 0 Å². The summed E-state index contributed by atoms with van der Waals surface area (Å²) in [6.45, 7) is 13.0. The second kappa shape index (κ2) is 5.78. The van der Waals surface area contributed by atoms with Crippen LogP contribution in [-0.2, 0) is 11.8 Å². The Kier molecular flexibility index (Phi) is 4.80. The summed E-state index contributed by atoms with van der Waals surface area (Å²) in [6.07, 6.45) is 2.10. The van der Waals surface area contributed by atoms with Crippen molar-refractivity contribution in [1.82, 2.24) is 0 Å². The lowest BCUT2D eigenvalue weighted by molar-refractivity contribution is 0.316. The van der Waals surface area contributed by atoms with Crippen molar-refractivity contribution in [1.29, 1.82) is 5.26 Å². The van der Waals surface area contributed by atoms with Crippen molar-refractivity contribution >= 4 is 0 Å². The van der Waals surface area contributed by atoms with Crippen LogP contribution in [0.15, 0.2) is 24.3 Å². The number of rotatable bonds is 5. The van der Waals surface area contributed by atoms with Crippen molar-refractivity contribution in [3.8, 4) is 6.07 Å². The fourth-order valence-corrected chi connectivity index (χ4v) is 2.04. The zero-order chi connectivity index (χ0) is 14.7. The molecule has 0 N–H and O–H groups in total. The first kappa shape index (κ1) is 15.8. The monoisotopic (exact) mass is 257 g/mol. The molecule has 1 rings (SSSR count). The van der Waals surface area contributed by atoms with E-state index in [1.807, 2.05) is 13.8 Å². The van der Waals surface area contributed by atoms with E-state index in [2.05, 4.69) is 58.0 Å². The molecule has 1 atom stereocenters. The number of nitriles is 1. The van der Waals surface area contributed by atoms with Crippen molar-refractivity contribution in [3.63, 3.8) is 0 Å². The fourth-order valence-electron chi connectivity index (χ4n) is 2.04. The van der Waals surface area contributed by atoms with Crippen LogP contribution in [0.25, 0.3) is 0 Å². The molecule has 0 aromatic heterocycles. The van der Waals surface area contributed by atoms with Crippen molar-refractivity contribution in [2.24, 2.45) is 11.3 Å². The third-order valence-electron chi connectivity index (χ3n) is 4.65. The average Bonchev–Trinajstić information content (AvgIpc) is 2.39. The van der Waals surface area contributed by atoms with E-state index in [0.29, 0.717) is 5.92 Å². The Hall–Kier alpha value is -1.29. The molecule has 1 heteroatoms. The largest absolute Gasteiger partial charge is 0.198 e. The van der Waals surface area contributed by atoms with Gasteiger partial charge < -0.3 is 0 Å². The first-order valence-corrected chi connectivity index (χ1v) is 7.23. The summed E-state index contributed by atoms with van der Waals surface area (Å²) in [5.74, 6) is 0.359. The maximum atomic E-state index is 9.21. The van der Waals surface area contributed by atoms with Gasteiger partial charge in [-0.25, -0.2) is 0 Å². The van der Waals surface area contributed by atoms with Crippen LogP contribution in [0.3, 0.4) is 0 Å². The molecule has 0 fully saturated rings. The zero-order valence-corrected chi connectivity index (χ0v) is 13.2. The molecule has 0 aliphatic carbocycles. The van der Waals surface area contributed by atoms with Gasteiger partial charge in [-0.2, -0.15) is 5.26 Å². The molecule has 0 aliphatic rings. The maximum absolute atomic E-state index is 9.21. The van der Waals surface area contributed by atoms with Gasteiger partial charge in [0, 0.05) is 0 Å². The van der Waals surface area contributed by atoms with Gasteiger partial charge in [-0.1, -0.05) is 52.0 Å². The van der Waals surface area contributed by atoms with Crippen molar-refractivity contribution in [3.05, 3.63) is 35.4 Å². The lowest BCUT2D eigenvalue weighted by Gasteiger charge is -2.26. The molecule has 0 saturated carbocycles. The van der Waals surface area contributed by atoms with E-state index in [1.54, 1.807) is 0 Å². The van der Waals surface area contributed by atoms with Gasteiger partial charge in [0.1, 0.15) is 0 Å². The summed E-state index contributed by atoms with van der Waals surface area (Å²) in [5.41, 5.74) is 2.70. The Bertz CT molecular complexity index is 463. The summed E-state index contributed by atoms with van der Waals surface area (Å²) < 4.78 is 0. The minimum absolute atomic E-state index is 0.226. The quantitative estimate of drug-likeness (QED) is 0.719. The minimum atomic E-state index is -0.268. The third kappa shape index (κ3) is 3.83. The molecule has 0 bridgehead atoms. The Morgan fingerprint density at radius 1 is 1.21 bits per heavy atom. The summed E-state index contributed by atoms with van der Waals surface area (Å²) in [5, 5.41) is 9.21. The van der Waals surface area contributed by atoms with E-state index in [9.17, 15) is 5.26 Å². The lowest BCUT2D eigenvalue weighted by Crippen LogP contribution is -2.22. The van der Waals surface area contributed by atoms with E-state index in [4.69, 9.17) is 0 Å². The van der Waals surface area contributed by atoms with Crippen LogP contribution in [-0.4, -0.2) is 0 Å². The van der Waals surface area contributed by atoms with Crippen LogP contribution < -0.4 is 0 Å². The van der Waals surface area contributed by atoms with Crippen LogP contribution in [0.4, 0.5) is 0 Å². The molecule has 1 aromatic carbocycles. The van der Waals surface area contributed by atoms with Crippen LogP contribution in [0.5, 0.6) is 0 Å². The third-order valence-corrected chi connectivity index (χ3v) is 4.65. The molecule has 0 radical (unpaired) electrons. The molecular weight excluding hydrogens is 230 g/mol. The van der Waals surface area contributed by atoms with Crippen LogP contribution in [0.2, 0.25) is 0 Å². The van der Waals surface area contributed by atoms with Crippen LogP contribution in [0, 0.1) is 22.7 Å². The first-order valence-electron chi connectivity index (χ1n) is 7.23. The lowest BCUT2D eigenvalue weighted by atomic mass is 9.76. The van der Waals surface area contributed by atoms with Gasteiger partial charge in [0.15, 0.2) is 0 Å². The van der Waals surface area contributed by atoms with Gasteiger partial charge in [-0.3, -0.25) is 0 Å². The van der Waals surface area contributed by atoms with E-state index < -0.39 is 0 Å². The molecule has 1 unspecified atom stereocenters. The normalized spacial score (nSPS) is 13.9. The van der Waals surface area contributed by atoms with E-state index in [0.717, 1.165) is 12.8 Å². The number of hydrogen-bond acceptors (Lipinski definition) is 1. The van der Waals surface area contributed by atoms with Gasteiger partial charge in [0.2, 0.25) is 0 Å². The van der Waals surface area contributed by atoms with E-state index in [1.165, 1.54) is 11.1 Å². The molecule has 19 heavy (non-hydrogen) atoms. The maximum Gasteiger partial charge on any atom is 0.0686 e. The standard InChI is InChI=1S/C18H27N/c1-7-17(3,4)16-10-8-9-15(12-16)11-14(2)18(5,6)13-19/h8-10,12,14H,7,11H2,1-6H3. The second-order valence-corrected chi connectivity index (χ2v) is 6.88. The minimum Gasteiger partial charge on any atom is -0.198 e. The zero-order valence-electron chi connectivity index (χ0n) is 13.2. The first-order chi connectivity index (χ1) is 8.73. The highest BCUT2D eigenvalue weighted by Gasteiger charge is 2.26. The molecule has 0 spiro atoms. The molecule has 0 aliphatic heterocycles.